The molecule has 7 heteroatoms. The van der Waals surface area contributed by atoms with E-state index in [1.165, 1.54) is 0 Å². The van der Waals surface area contributed by atoms with Crippen LogP contribution in [-0.2, 0) is 4.79 Å². The third kappa shape index (κ3) is 5.64. The molecule has 2 aromatic carbocycles. The predicted octanol–water partition coefficient (Wildman–Crippen LogP) is 4.54. The fourth-order valence-electron chi connectivity index (χ4n) is 2.10. The van der Waals surface area contributed by atoms with Gasteiger partial charge in [0.2, 0.25) is 0 Å². The van der Waals surface area contributed by atoms with E-state index in [4.69, 9.17) is 27.9 Å². The second-order valence-corrected chi connectivity index (χ2v) is 6.50. The van der Waals surface area contributed by atoms with Crippen LogP contribution in [0, 0.1) is 0 Å². The zero-order chi connectivity index (χ0) is 19.1. The second-order valence-electron chi connectivity index (χ2n) is 5.66. The van der Waals surface area contributed by atoms with E-state index in [0.29, 0.717) is 33.6 Å². The van der Waals surface area contributed by atoms with E-state index in [-0.39, 0.29) is 11.8 Å². The van der Waals surface area contributed by atoms with Crippen molar-refractivity contribution in [1.29, 1.82) is 0 Å². The lowest BCUT2D eigenvalue weighted by molar-refractivity contribution is -0.122. The molecule has 0 aliphatic heterocycles. The number of anilines is 1. The lowest BCUT2D eigenvalue weighted by Crippen LogP contribution is -2.30. The molecule has 1 atom stereocenters. The highest BCUT2D eigenvalue weighted by Gasteiger charge is 2.16. The number of nitrogens with one attached hydrogen (secondary N) is 2. The Morgan fingerprint density at radius 3 is 2.42 bits per heavy atom. The number of rotatable bonds is 7. The summed E-state index contributed by atoms with van der Waals surface area (Å²) in [6.07, 6.45) is 0.108. The third-order valence-electron chi connectivity index (χ3n) is 3.52. The van der Waals surface area contributed by atoms with E-state index in [2.05, 4.69) is 10.6 Å². The molecule has 0 radical (unpaired) electrons. The SMILES string of the molecule is CCCNC(=O)c1ccc(NC(=O)C(C)Oc2ccc(Cl)cc2Cl)cc1. The zero-order valence-corrected chi connectivity index (χ0v) is 16.0. The molecule has 1 unspecified atom stereocenters. The minimum atomic E-state index is -0.763. The van der Waals surface area contributed by atoms with E-state index >= 15 is 0 Å². The van der Waals surface area contributed by atoms with Crippen LogP contribution >= 0.6 is 23.2 Å². The molecule has 26 heavy (non-hydrogen) atoms. The van der Waals surface area contributed by atoms with Crippen LogP contribution in [0.25, 0.3) is 0 Å². The first kappa shape index (κ1) is 20.1. The molecule has 2 rings (SSSR count). The third-order valence-corrected chi connectivity index (χ3v) is 4.05. The Morgan fingerprint density at radius 2 is 1.81 bits per heavy atom. The van der Waals surface area contributed by atoms with Gasteiger partial charge in [0, 0.05) is 22.8 Å². The number of ether oxygens (including phenoxy) is 1. The van der Waals surface area contributed by atoms with Gasteiger partial charge in [-0.1, -0.05) is 30.1 Å². The summed E-state index contributed by atoms with van der Waals surface area (Å²) in [5.74, 6) is -0.0975. The normalized spacial score (nSPS) is 11.5. The Bertz CT molecular complexity index is 779. The average molecular weight is 395 g/mol. The van der Waals surface area contributed by atoms with Crippen LogP contribution in [0.3, 0.4) is 0 Å². The molecule has 0 saturated carbocycles. The van der Waals surface area contributed by atoms with E-state index in [1.54, 1.807) is 49.4 Å². The summed E-state index contributed by atoms with van der Waals surface area (Å²) in [4.78, 5) is 24.1. The van der Waals surface area contributed by atoms with E-state index in [9.17, 15) is 9.59 Å². The summed E-state index contributed by atoms with van der Waals surface area (Å²) in [7, 11) is 0. The Labute approximate surface area is 162 Å². The molecule has 2 aromatic rings. The van der Waals surface area contributed by atoms with Crippen LogP contribution in [0.5, 0.6) is 5.75 Å². The first-order valence-corrected chi connectivity index (χ1v) is 8.97. The van der Waals surface area contributed by atoms with Crippen molar-refractivity contribution in [2.24, 2.45) is 0 Å². The predicted molar refractivity (Wildman–Crippen MR) is 104 cm³/mol. The molecule has 0 bridgehead atoms. The standard InChI is InChI=1S/C19H20Cl2N2O3/c1-3-10-22-19(25)13-4-7-15(8-5-13)23-18(24)12(2)26-17-9-6-14(20)11-16(17)21/h4-9,11-12H,3,10H2,1-2H3,(H,22,25)(H,23,24). The summed E-state index contributed by atoms with van der Waals surface area (Å²) in [6.45, 7) is 4.23. The Balaban J connectivity index is 1.95. The first-order valence-electron chi connectivity index (χ1n) is 8.21. The van der Waals surface area contributed by atoms with Crippen LogP contribution < -0.4 is 15.4 Å². The molecular formula is C19H20Cl2N2O3. The summed E-state index contributed by atoms with van der Waals surface area (Å²) in [5, 5.41) is 6.35. The monoisotopic (exact) mass is 394 g/mol. The largest absolute Gasteiger partial charge is 0.479 e. The van der Waals surface area contributed by atoms with Gasteiger partial charge in [-0.3, -0.25) is 9.59 Å². The van der Waals surface area contributed by atoms with Crippen LogP contribution in [-0.4, -0.2) is 24.5 Å². The molecule has 0 heterocycles. The van der Waals surface area contributed by atoms with Gasteiger partial charge in [0.05, 0.1) is 5.02 Å². The number of carbonyl (C=O) groups excluding carboxylic acids is 2. The maximum Gasteiger partial charge on any atom is 0.265 e. The summed E-state index contributed by atoms with van der Waals surface area (Å²) < 4.78 is 5.57. The second kappa shape index (κ2) is 9.46. The van der Waals surface area contributed by atoms with Crippen molar-refractivity contribution in [2.45, 2.75) is 26.4 Å². The van der Waals surface area contributed by atoms with Gasteiger partial charge in [-0.25, -0.2) is 0 Å². The fraction of sp³-hybridized carbons (Fsp3) is 0.263. The zero-order valence-electron chi connectivity index (χ0n) is 14.5. The fourth-order valence-corrected chi connectivity index (χ4v) is 2.56. The van der Waals surface area contributed by atoms with Gasteiger partial charge in [0.25, 0.3) is 11.8 Å². The summed E-state index contributed by atoms with van der Waals surface area (Å²) in [6, 6.07) is 11.4. The van der Waals surface area contributed by atoms with Crippen LogP contribution in [0.4, 0.5) is 5.69 Å². The van der Waals surface area contributed by atoms with E-state index in [1.807, 2.05) is 6.92 Å². The minimum absolute atomic E-state index is 0.140. The van der Waals surface area contributed by atoms with Gasteiger partial charge >= 0.3 is 0 Å². The van der Waals surface area contributed by atoms with Crippen molar-refractivity contribution in [3.63, 3.8) is 0 Å². The molecule has 0 spiro atoms. The first-order chi connectivity index (χ1) is 12.4. The number of halogens is 2. The van der Waals surface area contributed by atoms with Crippen molar-refractivity contribution >= 4 is 40.7 Å². The molecule has 0 fully saturated rings. The van der Waals surface area contributed by atoms with Crippen LogP contribution in [0.1, 0.15) is 30.6 Å². The number of benzene rings is 2. The maximum absolute atomic E-state index is 12.3. The Morgan fingerprint density at radius 1 is 1.12 bits per heavy atom. The molecule has 0 aliphatic carbocycles. The highest BCUT2D eigenvalue weighted by molar-refractivity contribution is 6.35. The summed E-state index contributed by atoms with van der Waals surface area (Å²) in [5.41, 5.74) is 1.10. The van der Waals surface area contributed by atoms with Gasteiger partial charge in [0.15, 0.2) is 6.10 Å². The molecule has 0 aromatic heterocycles. The topological polar surface area (TPSA) is 67.4 Å². The van der Waals surface area contributed by atoms with E-state index in [0.717, 1.165) is 6.42 Å². The molecule has 138 valence electrons. The van der Waals surface area contributed by atoms with Gasteiger partial charge in [0.1, 0.15) is 5.75 Å². The van der Waals surface area contributed by atoms with Gasteiger partial charge < -0.3 is 15.4 Å². The quantitative estimate of drug-likeness (QED) is 0.724. The number of carbonyl (C=O) groups is 2. The smallest absolute Gasteiger partial charge is 0.265 e. The van der Waals surface area contributed by atoms with E-state index < -0.39 is 6.10 Å². The number of hydrogen-bond donors (Lipinski definition) is 2. The number of hydrogen-bond acceptors (Lipinski definition) is 3. The van der Waals surface area contributed by atoms with Crippen molar-refractivity contribution in [2.75, 3.05) is 11.9 Å². The van der Waals surface area contributed by atoms with Crippen molar-refractivity contribution < 1.29 is 14.3 Å². The molecule has 0 aliphatic rings. The Hall–Kier alpha value is -2.24. The molecular weight excluding hydrogens is 375 g/mol. The van der Waals surface area contributed by atoms with Gasteiger partial charge in [-0.15, -0.1) is 0 Å². The number of amides is 2. The van der Waals surface area contributed by atoms with Crippen molar-refractivity contribution in [3.8, 4) is 5.75 Å². The molecule has 0 saturated heterocycles. The Kier molecular flexibility index (Phi) is 7.30. The molecule has 2 amide bonds. The maximum atomic E-state index is 12.3. The lowest BCUT2D eigenvalue weighted by atomic mass is 10.2. The molecule has 5 nitrogen and oxygen atoms in total. The van der Waals surface area contributed by atoms with Crippen LogP contribution in [0.15, 0.2) is 42.5 Å². The van der Waals surface area contributed by atoms with Crippen molar-refractivity contribution in [1.82, 2.24) is 5.32 Å². The lowest BCUT2D eigenvalue weighted by Gasteiger charge is -2.16. The van der Waals surface area contributed by atoms with Crippen molar-refractivity contribution in [3.05, 3.63) is 58.1 Å². The molecule has 2 N–H and O–H groups in total. The highest BCUT2D eigenvalue weighted by atomic mass is 35.5. The van der Waals surface area contributed by atoms with Gasteiger partial charge in [-0.2, -0.15) is 0 Å². The van der Waals surface area contributed by atoms with Crippen LogP contribution in [0.2, 0.25) is 10.0 Å². The minimum Gasteiger partial charge on any atom is -0.479 e. The highest BCUT2D eigenvalue weighted by Crippen LogP contribution is 2.28. The summed E-state index contributed by atoms with van der Waals surface area (Å²) >= 11 is 11.9. The average Bonchev–Trinajstić information content (AvgIpc) is 2.62. The van der Waals surface area contributed by atoms with Gasteiger partial charge in [-0.05, 0) is 55.8 Å².